The molecule has 8 bridgehead atoms. The van der Waals surface area contributed by atoms with Gasteiger partial charge in [0.05, 0.1) is 22.8 Å². The van der Waals surface area contributed by atoms with Gasteiger partial charge in [0.1, 0.15) is 23.0 Å². The molecule has 0 radical (unpaired) electrons. The summed E-state index contributed by atoms with van der Waals surface area (Å²) in [5.41, 5.74) is 8.52. The van der Waals surface area contributed by atoms with E-state index in [9.17, 15) is 20.4 Å². The smallest absolute Gasteiger partial charge is 0.119 e. The van der Waals surface area contributed by atoms with Crippen LogP contribution in [0.15, 0.2) is 72.8 Å². The largest absolute Gasteiger partial charge is 0.508 e. The molecule has 7 rings (SSSR count). The highest BCUT2D eigenvalue weighted by Gasteiger charge is 2.15. The van der Waals surface area contributed by atoms with E-state index in [1.54, 1.807) is 24.3 Å². The van der Waals surface area contributed by atoms with Crippen molar-refractivity contribution >= 4 is 46.4 Å². The molecule has 0 atom stereocenters. The number of rotatable bonds is 2. The number of H-pyrrole nitrogens is 2. The highest BCUT2D eigenvalue weighted by Crippen LogP contribution is 2.36. The molecule has 0 amide bonds. The van der Waals surface area contributed by atoms with Gasteiger partial charge in [0, 0.05) is 45.3 Å². The molecular weight excluding hydrogens is 504 g/mol. The first-order chi connectivity index (χ1) is 19.4. The second kappa shape index (κ2) is 8.92. The van der Waals surface area contributed by atoms with Crippen LogP contribution in [-0.4, -0.2) is 40.4 Å². The van der Waals surface area contributed by atoms with E-state index >= 15 is 0 Å². The summed E-state index contributed by atoms with van der Waals surface area (Å²) in [5, 5.41) is 40.8. The Morgan fingerprint density at radius 1 is 0.450 bits per heavy atom. The minimum atomic E-state index is -0.0501. The van der Waals surface area contributed by atoms with Gasteiger partial charge in [-0.25, -0.2) is 9.97 Å². The van der Waals surface area contributed by atoms with E-state index < -0.39 is 0 Å². The molecule has 3 aromatic heterocycles. The fourth-order valence-electron chi connectivity index (χ4n) is 5.16. The number of aromatic hydroxyl groups is 4. The number of nitrogens with zero attached hydrogens (tertiary/aromatic N) is 2. The summed E-state index contributed by atoms with van der Waals surface area (Å²) in [6, 6.07) is 20.5. The lowest BCUT2D eigenvalue weighted by Crippen LogP contribution is -1.86. The van der Waals surface area contributed by atoms with Gasteiger partial charge in [-0.1, -0.05) is 0 Å². The highest BCUT2D eigenvalue weighted by molar-refractivity contribution is 5.93. The zero-order valence-corrected chi connectivity index (χ0v) is 20.9. The molecule has 0 unspecified atom stereocenters. The topological polar surface area (TPSA) is 138 Å². The van der Waals surface area contributed by atoms with Crippen molar-refractivity contribution in [1.29, 1.82) is 0 Å². The maximum Gasteiger partial charge on any atom is 0.119 e. The van der Waals surface area contributed by atoms with Gasteiger partial charge in [-0.05, 0) is 96.1 Å². The SMILES string of the molecule is Oc1cc(O)cc(-c2c3nc(cc4ccc([nH]4)c(-c4cc(O)cc(O)c4)c4nc(cc5ccc2[nH]5)C=C4)C=C3)c1. The van der Waals surface area contributed by atoms with Crippen molar-refractivity contribution in [3.05, 3.63) is 95.6 Å². The lowest BCUT2D eigenvalue weighted by molar-refractivity contribution is 0.450. The first-order valence-corrected chi connectivity index (χ1v) is 12.6. The molecule has 5 heterocycles. The Morgan fingerprint density at radius 3 is 1.25 bits per heavy atom. The summed E-state index contributed by atoms with van der Waals surface area (Å²) >= 11 is 0. The number of benzene rings is 2. The first-order valence-electron chi connectivity index (χ1n) is 12.6. The van der Waals surface area contributed by atoms with E-state index in [0.717, 1.165) is 33.2 Å². The molecule has 40 heavy (non-hydrogen) atoms. The van der Waals surface area contributed by atoms with E-state index in [-0.39, 0.29) is 23.0 Å². The molecule has 0 spiro atoms. The average Bonchev–Trinajstić information content (AvgIpc) is 3.69. The molecule has 0 aliphatic carbocycles. The second-order valence-corrected chi connectivity index (χ2v) is 9.68. The number of aromatic amines is 2. The third kappa shape index (κ3) is 4.23. The third-order valence-corrected chi connectivity index (χ3v) is 6.78. The molecule has 8 heteroatoms. The van der Waals surface area contributed by atoms with E-state index in [2.05, 4.69) is 9.97 Å². The van der Waals surface area contributed by atoms with E-state index in [0.29, 0.717) is 33.9 Å². The number of nitrogens with one attached hydrogen (secondary N) is 2. The van der Waals surface area contributed by atoms with Gasteiger partial charge < -0.3 is 30.4 Å². The first kappa shape index (κ1) is 23.4. The molecule has 0 saturated heterocycles. The highest BCUT2D eigenvalue weighted by atomic mass is 16.3. The van der Waals surface area contributed by atoms with Crippen LogP contribution >= 0.6 is 0 Å². The molecule has 6 N–H and O–H groups in total. The summed E-state index contributed by atoms with van der Waals surface area (Å²) < 4.78 is 0. The van der Waals surface area contributed by atoms with Gasteiger partial charge in [0.25, 0.3) is 0 Å². The molecule has 2 aliphatic rings. The number of aromatic nitrogens is 4. The number of fused-ring (bicyclic) bond motifs is 8. The van der Waals surface area contributed by atoms with Crippen LogP contribution in [0.3, 0.4) is 0 Å². The Bertz CT molecular complexity index is 1880. The molecule has 0 saturated carbocycles. The van der Waals surface area contributed by atoms with Crippen LogP contribution in [0, 0.1) is 0 Å². The quantitative estimate of drug-likeness (QED) is 0.146. The Kier molecular flexibility index (Phi) is 5.21. The monoisotopic (exact) mass is 526 g/mol. The Morgan fingerprint density at radius 2 is 0.850 bits per heavy atom. The van der Waals surface area contributed by atoms with Crippen molar-refractivity contribution in [1.82, 2.24) is 19.9 Å². The standard InChI is InChI=1S/C32H22N4O4/c37-23-9-17(10-24(38)15-23)31-27-5-1-19(33-27)13-20-2-6-29(34-20)32(18-11-25(39)16-26(40)12-18)30-8-4-22(36-30)14-21-3-7-28(31)35-21/h1-16,33,36-40H. The van der Waals surface area contributed by atoms with E-state index in [1.165, 1.54) is 12.1 Å². The Balaban J connectivity index is 1.57. The van der Waals surface area contributed by atoms with Gasteiger partial charge in [0.15, 0.2) is 0 Å². The zero-order chi connectivity index (χ0) is 27.4. The Hall–Kier alpha value is -5.76. The van der Waals surface area contributed by atoms with Crippen LogP contribution in [0.5, 0.6) is 23.0 Å². The second-order valence-electron chi connectivity index (χ2n) is 9.68. The van der Waals surface area contributed by atoms with Crippen molar-refractivity contribution in [2.75, 3.05) is 0 Å². The van der Waals surface area contributed by atoms with Crippen LogP contribution in [-0.2, 0) is 0 Å². The van der Waals surface area contributed by atoms with Crippen molar-refractivity contribution < 1.29 is 20.4 Å². The summed E-state index contributed by atoms with van der Waals surface area (Å²) in [6.45, 7) is 0. The van der Waals surface area contributed by atoms with Crippen molar-refractivity contribution in [2.24, 2.45) is 0 Å². The summed E-state index contributed by atoms with van der Waals surface area (Å²) in [7, 11) is 0. The normalized spacial score (nSPS) is 12.2. The fourth-order valence-corrected chi connectivity index (χ4v) is 5.16. The van der Waals surface area contributed by atoms with Crippen LogP contribution in [0.2, 0.25) is 0 Å². The minimum absolute atomic E-state index is 0.0501. The average molecular weight is 527 g/mol. The van der Waals surface area contributed by atoms with Crippen molar-refractivity contribution in [3.63, 3.8) is 0 Å². The van der Waals surface area contributed by atoms with Gasteiger partial charge >= 0.3 is 0 Å². The van der Waals surface area contributed by atoms with Crippen LogP contribution in [0.1, 0.15) is 22.8 Å². The van der Waals surface area contributed by atoms with Gasteiger partial charge in [-0.15, -0.1) is 0 Å². The number of phenolic OH excluding ortho intramolecular Hbond substituents is 4. The summed E-state index contributed by atoms with van der Waals surface area (Å²) in [5.74, 6) is -0.201. The van der Waals surface area contributed by atoms with Crippen LogP contribution in [0.4, 0.5) is 0 Å². The lowest BCUT2D eigenvalue weighted by Gasteiger charge is -2.06. The molecule has 2 aliphatic heterocycles. The van der Waals surface area contributed by atoms with Gasteiger partial charge in [0.2, 0.25) is 0 Å². The van der Waals surface area contributed by atoms with Gasteiger partial charge in [-0.2, -0.15) is 0 Å². The van der Waals surface area contributed by atoms with Gasteiger partial charge in [-0.3, -0.25) is 0 Å². The summed E-state index contributed by atoms with van der Waals surface area (Å²) in [4.78, 5) is 16.5. The predicted octanol–water partition coefficient (Wildman–Crippen LogP) is 6.81. The molecular formula is C32H22N4O4. The van der Waals surface area contributed by atoms with Crippen LogP contribution < -0.4 is 0 Å². The molecule has 2 aromatic carbocycles. The maximum absolute atomic E-state index is 10.2. The van der Waals surface area contributed by atoms with Crippen molar-refractivity contribution in [3.8, 4) is 45.3 Å². The zero-order valence-electron chi connectivity index (χ0n) is 20.9. The van der Waals surface area contributed by atoms with E-state index in [1.807, 2.05) is 60.7 Å². The predicted molar refractivity (Wildman–Crippen MR) is 156 cm³/mol. The maximum atomic E-state index is 10.2. The number of hydrogen-bond acceptors (Lipinski definition) is 6. The number of phenols is 4. The molecule has 0 fully saturated rings. The summed E-state index contributed by atoms with van der Waals surface area (Å²) in [6.07, 6.45) is 7.59. The molecule has 5 aromatic rings. The molecule has 8 nitrogen and oxygen atoms in total. The molecule has 194 valence electrons. The minimum Gasteiger partial charge on any atom is -0.508 e. The Labute approximate surface area is 227 Å². The third-order valence-electron chi connectivity index (χ3n) is 6.78. The fraction of sp³-hybridized carbons (Fsp3) is 0. The van der Waals surface area contributed by atoms with Crippen molar-refractivity contribution in [2.45, 2.75) is 0 Å². The number of hydrogen-bond donors (Lipinski definition) is 6. The van der Waals surface area contributed by atoms with E-state index in [4.69, 9.17) is 9.97 Å². The lowest BCUT2D eigenvalue weighted by atomic mass is 10.0. The van der Waals surface area contributed by atoms with Crippen LogP contribution in [0.25, 0.3) is 68.6 Å².